The molecular formula is C27H30FN3O5S. The largest absolute Gasteiger partial charge is 0.493 e. The van der Waals surface area contributed by atoms with Crippen LogP contribution < -0.4 is 15.2 Å². The highest BCUT2D eigenvalue weighted by Gasteiger charge is 2.33. The smallest absolute Gasteiger partial charge is 0.331 e. The minimum absolute atomic E-state index is 0.00256. The van der Waals surface area contributed by atoms with Gasteiger partial charge in [0.2, 0.25) is 0 Å². The molecule has 0 saturated heterocycles. The molecule has 0 bridgehead atoms. The topological polar surface area (TPSA) is 92.4 Å². The summed E-state index contributed by atoms with van der Waals surface area (Å²) in [5.74, 6) is 0.362. The van der Waals surface area contributed by atoms with Crippen LogP contribution in [0.3, 0.4) is 0 Å². The van der Waals surface area contributed by atoms with E-state index in [-0.39, 0.29) is 23.3 Å². The highest BCUT2D eigenvalue weighted by atomic mass is 32.2. The second kappa shape index (κ2) is 9.81. The van der Waals surface area contributed by atoms with E-state index < -0.39 is 15.9 Å². The first-order chi connectivity index (χ1) is 17.7. The van der Waals surface area contributed by atoms with Crippen LogP contribution in [0.2, 0.25) is 0 Å². The fourth-order valence-electron chi connectivity index (χ4n) is 4.91. The third-order valence-electron chi connectivity index (χ3n) is 6.71. The van der Waals surface area contributed by atoms with Crippen molar-refractivity contribution in [3.05, 3.63) is 70.1 Å². The van der Waals surface area contributed by atoms with E-state index in [1.54, 1.807) is 41.1 Å². The summed E-state index contributed by atoms with van der Waals surface area (Å²) in [5, 5.41) is 0. The Hall–Kier alpha value is -3.40. The third-order valence-corrected chi connectivity index (χ3v) is 7.63. The van der Waals surface area contributed by atoms with Gasteiger partial charge < -0.3 is 9.47 Å². The predicted molar refractivity (Wildman–Crippen MR) is 141 cm³/mol. The van der Waals surface area contributed by atoms with Crippen LogP contribution in [-0.2, 0) is 9.84 Å². The molecule has 0 unspecified atom stereocenters. The van der Waals surface area contributed by atoms with E-state index in [2.05, 4.69) is 4.98 Å². The Morgan fingerprint density at radius 3 is 2.57 bits per heavy atom. The minimum atomic E-state index is -3.51. The SMILES string of the molecule is CCOc1cc([C@@H](CS(C)(=O)=O)n2c(=O)n(C3CC3)c3cc(C4=CCCC=C4F)cnc32)ccc1OC. The number of methoxy groups -OCH3 is 1. The molecule has 1 aromatic carbocycles. The maximum atomic E-state index is 14.6. The van der Waals surface area contributed by atoms with Crippen LogP contribution in [-0.4, -0.2) is 48.3 Å². The van der Waals surface area contributed by atoms with Gasteiger partial charge in [0.05, 0.1) is 31.0 Å². The number of rotatable bonds is 9. The molecule has 0 spiro atoms. The zero-order valence-corrected chi connectivity index (χ0v) is 21.9. The number of sulfone groups is 1. The number of benzene rings is 1. The second-order valence-electron chi connectivity index (χ2n) is 9.52. The number of allylic oxidation sites excluding steroid dienone is 4. The summed E-state index contributed by atoms with van der Waals surface area (Å²) >= 11 is 0. The van der Waals surface area contributed by atoms with Crippen molar-refractivity contribution in [3.8, 4) is 11.5 Å². The normalized spacial score (nSPS) is 16.9. The van der Waals surface area contributed by atoms with E-state index in [0.29, 0.717) is 52.4 Å². The van der Waals surface area contributed by atoms with Crippen LogP contribution in [0.25, 0.3) is 16.7 Å². The molecule has 0 aliphatic heterocycles. The molecule has 1 fully saturated rings. The zero-order valence-electron chi connectivity index (χ0n) is 21.1. The Labute approximate surface area is 215 Å². The molecule has 8 nitrogen and oxygen atoms in total. The summed E-state index contributed by atoms with van der Waals surface area (Å²) < 4.78 is 54.0. The first-order valence-corrected chi connectivity index (χ1v) is 14.5. The Kier molecular flexibility index (Phi) is 6.70. The number of pyridine rings is 1. The molecule has 0 N–H and O–H groups in total. The molecule has 3 aromatic rings. The van der Waals surface area contributed by atoms with E-state index in [1.807, 2.05) is 13.0 Å². The lowest BCUT2D eigenvalue weighted by Crippen LogP contribution is -2.31. The van der Waals surface area contributed by atoms with Crippen molar-refractivity contribution in [1.82, 2.24) is 14.1 Å². The van der Waals surface area contributed by atoms with Gasteiger partial charge in [0.25, 0.3) is 0 Å². The Bertz CT molecular complexity index is 1580. The van der Waals surface area contributed by atoms with Gasteiger partial charge in [-0.05, 0) is 62.4 Å². The number of nitrogens with zero attached hydrogens (tertiary/aromatic N) is 3. The quantitative estimate of drug-likeness (QED) is 0.404. The Balaban J connectivity index is 1.73. The first kappa shape index (κ1) is 25.3. The van der Waals surface area contributed by atoms with Gasteiger partial charge >= 0.3 is 5.69 Å². The van der Waals surface area contributed by atoms with Crippen LogP contribution in [0.4, 0.5) is 4.39 Å². The second-order valence-corrected chi connectivity index (χ2v) is 11.7. The molecule has 2 aliphatic rings. The van der Waals surface area contributed by atoms with E-state index in [0.717, 1.165) is 25.5 Å². The summed E-state index contributed by atoms with van der Waals surface area (Å²) in [6.45, 7) is 2.23. The molecule has 0 amide bonds. The average molecular weight is 528 g/mol. The molecular weight excluding hydrogens is 497 g/mol. The van der Waals surface area contributed by atoms with E-state index in [4.69, 9.17) is 9.47 Å². The van der Waals surface area contributed by atoms with Gasteiger partial charge in [-0.25, -0.2) is 22.6 Å². The molecule has 2 aliphatic carbocycles. The number of hydrogen-bond donors (Lipinski definition) is 0. The van der Waals surface area contributed by atoms with Gasteiger partial charge in [-0.3, -0.25) is 9.13 Å². The predicted octanol–water partition coefficient (Wildman–Crippen LogP) is 4.60. The van der Waals surface area contributed by atoms with Gasteiger partial charge in [0, 0.05) is 29.6 Å². The van der Waals surface area contributed by atoms with Crippen LogP contribution in [0.15, 0.2) is 53.2 Å². The summed E-state index contributed by atoms with van der Waals surface area (Å²) in [5.41, 5.74) is 2.24. The molecule has 10 heteroatoms. The number of halogens is 1. The first-order valence-electron chi connectivity index (χ1n) is 12.4. The molecule has 2 aromatic heterocycles. The summed E-state index contributed by atoms with van der Waals surface area (Å²) in [7, 11) is -1.98. The number of aromatic nitrogens is 3. The van der Waals surface area contributed by atoms with Crippen LogP contribution in [0.5, 0.6) is 11.5 Å². The fourth-order valence-corrected chi connectivity index (χ4v) is 5.82. The van der Waals surface area contributed by atoms with E-state index in [9.17, 15) is 17.6 Å². The van der Waals surface area contributed by atoms with Crippen LogP contribution in [0, 0.1) is 0 Å². The van der Waals surface area contributed by atoms with E-state index in [1.165, 1.54) is 11.7 Å². The van der Waals surface area contributed by atoms with Gasteiger partial charge in [0.15, 0.2) is 17.1 Å². The van der Waals surface area contributed by atoms with Crippen molar-refractivity contribution in [1.29, 1.82) is 0 Å². The lowest BCUT2D eigenvalue weighted by Gasteiger charge is -2.20. The van der Waals surface area contributed by atoms with Gasteiger partial charge in [-0.15, -0.1) is 0 Å². The minimum Gasteiger partial charge on any atom is -0.493 e. The maximum Gasteiger partial charge on any atom is 0.331 e. The lowest BCUT2D eigenvalue weighted by atomic mass is 10.00. The Morgan fingerprint density at radius 2 is 1.92 bits per heavy atom. The average Bonchev–Trinajstić information content (AvgIpc) is 3.65. The van der Waals surface area contributed by atoms with Gasteiger partial charge in [-0.2, -0.15) is 0 Å². The van der Waals surface area contributed by atoms with Crippen molar-refractivity contribution in [3.63, 3.8) is 0 Å². The molecule has 0 radical (unpaired) electrons. The lowest BCUT2D eigenvalue weighted by molar-refractivity contribution is 0.310. The zero-order chi connectivity index (χ0) is 26.3. The monoisotopic (exact) mass is 527 g/mol. The number of imidazole rings is 1. The van der Waals surface area contributed by atoms with Crippen molar-refractivity contribution in [2.75, 3.05) is 25.7 Å². The number of hydrogen-bond acceptors (Lipinski definition) is 6. The molecule has 1 atom stereocenters. The third kappa shape index (κ3) is 4.94. The fraction of sp³-hybridized carbons (Fsp3) is 0.407. The van der Waals surface area contributed by atoms with Crippen molar-refractivity contribution >= 4 is 26.6 Å². The molecule has 37 heavy (non-hydrogen) atoms. The highest BCUT2D eigenvalue weighted by molar-refractivity contribution is 7.90. The number of fused-ring (bicyclic) bond motifs is 1. The van der Waals surface area contributed by atoms with Crippen LogP contribution >= 0.6 is 0 Å². The van der Waals surface area contributed by atoms with Crippen molar-refractivity contribution in [2.24, 2.45) is 0 Å². The van der Waals surface area contributed by atoms with Crippen LogP contribution in [0.1, 0.15) is 55.8 Å². The highest BCUT2D eigenvalue weighted by Crippen LogP contribution is 2.39. The summed E-state index contributed by atoms with van der Waals surface area (Å²) in [6, 6.07) is 6.11. The van der Waals surface area contributed by atoms with Crippen molar-refractivity contribution in [2.45, 2.75) is 44.7 Å². The Morgan fingerprint density at radius 1 is 1.16 bits per heavy atom. The van der Waals surface area contributed by atoms with Gasteiger partial charge in [-0.1, -0.05) is 12.1 Å². The van der Waals surface area contributed by atoms with Crippen molar-refractivity contribution < 1.29 is 22.3 Å². The molecule has 196 valence electrons. The maximum absolute atomic E-state index is 14.6. The molecule has 2 heterocycles. The van der Waals surface area contributed by atoms with E-state index >= 15 is 0 Å². The number of ether oxygens (including phenoxy) is 2. The summed E-state index contributed by atoms with van der Waals surface area (Å²) in [6.07, 6.45) is 9.15. The summed E-state index contributed by atoms with van der Waals surface area (Å²) in [4.78, 5) is 18.5. The molecule has 5 rings (SSSR count). The molecule has 1 saturated carbocycles. The standard InChI is InChI=1S/C27H30FN3O5S/c1-4-36-25-14-17(9-12-24(25)35-2)23(16-37(3,33)34)31-26-22(30(27(31)32)19-10-11-19)13-18(15-29-26)20-7-5-6-8-21(20)28/h7-9,12-15,19,23H,4-6,10-11,16H2,1-3H3/t23-/m1/s1. The van der Waals surface area contributed by atoms with Gasteiger partial charge in [0.1, 0.15) is 15.7 Å².